The quantitative estimate of drug-likeness (QED) is 0.440. The number of carboxylic acids is 1. The van der Waals surface area contributed by atoms with Crippen LogP contribution in [0.5, 0.6) is 0 Å². The molecule has 0 aliphatic heterocycles. The van der Waals surface area contributed by atoms with Gasteiger partial charge in [0.05, 0.1) is 12.0 Å². The number of anilines is 1. The fourth-order valence-electron chi connectivity index (χ4n) is 3.51. The Hall–Kier alpha value is -3.40. The van der Waals surface area contributed by atoms with E-state index in [2.05, 4.69) is 17.4 Å². The van der Waals surface area contributed by atoms with Crippen LogP contribution in [-0.4, -0.2) is 17.0 Å². The topological polar surface area (TPSA) is 66.4 Å². The zero-order valence-electron chi connectivity index (χ0n) is 17.0. The highest BCUT2D eigenvalue weighted by Crippen LogP contribution is 2.16. The number of amides is 1. The van der Waals surface area contributed by atoms with Gasteiger partial charge in [-0.05, 0) is 60.6 Å². The number of nitrogens with one attached hydrogen (secondary N) is 1. The van der Waals surface area contributed by atoms with Crippen LogP contribution in [0.15, 0.2) is 78.9 Å². The predicted molar refractivity (Wildman–Crippen MR) is 120 cm³/mol. The summed E-state index contributed by atoms with van der Waals surface area (Å²) in [4.78, 5) is 23.4. The first-order chi connectivity index (χ1) is 14.6. The van der Waals surface area contributed by atoms with Gasteiger partial charge in [-0.2, -0.15) is 0 Å². The average Bonchev–Trinajstić information content (AvgIpc) is 2.75. The Labute approximate surface area is 177 Å². The Morgan fingerprint density at radius 3 is 2.10 bits per heavy atom. The zero-order chi connectivity index (χ0) is 21.2. The molecule has 0 saturated carbocycles. The van der Waals surface area contributed by atoms with Crippen molar-refractivity contribution in [1.29, 1.82) is 0 Å². The fourth-order valence-corrected chi connectivity index (χ4v) is 3.51. The second kappa shape index (κ2) is 11.0. The molecule has 3 aromatic rings. The summed E-state index contributed by atoms with van der Waals surface area (Å²) in [6, 6.07) is 24.9. The van der Waals surface area contributed by atoms with E-state index >= 15 is 0 Å². The van der Waals surface area contributed by atoms with Gasteiger partial charge < -0.3 is 10.4 Å². The molecule has 0 aliphatic carbocycles. The molecule has 30 heavy (non-hydrogen) atoms. The monoisotopic (exact) mass is 401 g/mol. The molecule has 0 saturated heterocycles. The molecule has 4 heteroatoms. The van der Waals surface area contributed by atoms with Crippen molar-refractivity contribution in [1.82, 2.24) is 0 Å². The first-order valence-electron chi connectivity index (χ1n) is 10.4. The molecular formula is C26H27NO3. The van der Waals surface area contributed by atoms with Gasteiger partial charge in [0.25, 0.3) is 0 Å². The van der Waals surface area contributed by atoms with Crippen LogP contribution in [-0.2, 0) is 24.1 Å². The normalized spacial score (nSPS) is 10.5. The lowest BCUT2D eigenvalue weighted by molar-refractivity contribution is -0.115. The second-order valence-corrected chi connectivity index (χ2v) is 7.43. The number of carboxylic acid groups (broad SMARTS) is 1. The minimum absolute atomic E-state index is 0.0180. The summed E-state index contributed by atoms with van der Waals surface area (Å²) >= 11 is 0. The van der Waals surface area contributed by atoms with E-state index in [9.17, 15) is 14.7 Å². The standard InChI is InChI=1S/C26H27NO3/c28-25(19-21-10-4-1-5-11-21)27-23-17-15-20(16-18-23)9-3-2-6-12-22-13-7-8-14-24(22)26(29)30/h1,4-5,7-8,10-11,13-18H,2-3,6,9,12,19H2,(H,27,28)(H,29,30). The Morgan fingerprint density at radius 1 is 0.700 bits per heavy atom. The number of aromatic carboxylic acids is 1. The average molecular weight is 402 g/mol. The summed E-state index contributed by atoms with van der Waals surface area (Å²) in [5, 5.41) is 12.2. The van der Waals surface area contributed by atoms with Gasteiger partial charge in [0.1, 0.15) is 0 Å². The Bertz CT molecular complexity index is 965. The molecule has 0 heterocycles. The molecular weight excluding hydrogens is 374 g/mol. The largest absolute Gasteiger partial charge is 0.478 e. The smallest absolute Gasteiger partial charge is 0.335 e. The van der Waals surface area contributed by atoms with Crippen LogP contribution in [0.3, 0.4) is 0 Å². The van der Waals surface area contributed by atoms with Crippen molar-refractivity contribution < 1.29 is 14.7 Å². The number of carbonyl (C=O) groups excluding carboxylic acids is 1. The lowest BCUT2D eigenvalue weighted by Crippen LogP contribution is -2.14. The molecule has 0 bridgehead atoms. The first kappa shape index (κ1) is 21.3. The van der Waals surface area contributed by atoms with E-state index in [0.29, 0.717) is 12.0 Å². The number of carbonyl (C=O) groups is 2. The molecule has 0 spiro atoms. The minimum Gasteiger partial charge on any atom is -0.478 e. The maximum Gasteiger partial charge on any atom is 0.335 e. The van der Waals surface area contributed by atoms with E-state index < -0.39 is 5.97 Å². The van der Waals surface area contributed by atoms with Crippen LogP contribution in [0, 0.1) is 0 Å². The number of unbranched alkanes of at least 4 members (excludes halogenated alkanes) is 2. The fraction of sp³-hybridized carbons (Fsp3) is 0.231. The van der Waals surface area contributed by atoms with Gasteiger partial charge in [-0.25, -0.2) is 4.79 Å². The third kappa shape index (κ3) is 6.59. The third-order valence-corrected chi connectivity index (χ3v) is 5.10. The molecule has 0 atom stereocenters. The molecule has 154 valence electrons. The van der Waals surface area contributed by atoms with E-state index in [-0.39, 0.29) is 5.91 Å². The van der Waals surface area contributed by atoms with Gasteiger partial charge in [-0.3, -0.25) is 4.79 Å². The van der Waals surface area contributed by atoms with E-state index in [1.807, 2.05) is 54.6 Å². The lowest BCUT2D eigenvalue weighted by atomic mass is 10.00. The van der Waals surface area contributed by atoms with Crippen LogP contribution in [0.1, 0.15) is 46.3 Å². The Balaban J connectivity index is 1.39. The molecule has 2 N–H and O–H groups in total. The van der Waals surface area contributed by atoms with Gasteiger partial charge in [0.2, 0.25) is 5.91 Å². The van der Waals surface area contributed by atoms with Crippen LogP contribution in [0.25, 0.3) is 0 Å². The van der Waals surface area contributed by atoms with Crippen molar-refractivity contribution in [3.63, 3.8) is 0 Å². The maximum atomic E-state index is 12.1. The summed E-state index contributed by atoms with van der Waals surface area (Å²) in [6.07, 6.45) is 5.19. The molecule has 4 nitrogen and oxygen atoms in total. The van der Waals surface area contributed by atoms with Crippen LogP contribution in [0.4, 0.5) is 5.69 Å². The third-order valence-electron chi connectivity index (χ3n) is 5.10. The zero-order valence-corrected chi connectivity index (χ0v) is 17.0. The van der Waals surface area contributed by atoms with Crippen molar-refractivity contribution in [3.8, 4) is 0 Å². The van der Waals surface area contributed by atoms with Crippen molar-refractivity contribution in [2.75, 3.05) is 5.32 Å². The van der Waals surface area contributed by atoms with Crippen molar-refractivity contribution in [2.45, 2.75) is 38.5 Å². The molecule has 0 aromatic heterocycles. The summed E-state index contributed by atoms with van der Waals surface area (Å²) in [5.41, 5.74) is 4.35. The van der Waals surface area contributed by atoms with E-state index in [1.54, 1.807) is 12.1 Å². The van der Waals surface area contributed by atoms with E-state index in [1.165, 1.54) is 5.56 Å². The van der Waals surface area contributed by atoms with Gasteiger partial charge in [0.15, 0.2) is 0 Å². The number of benzene rings is 3. The van der Waals surface area contributed by atoms with Crippen LogP contribution in [0.2, 0.25) is 0 Å². The highest BCUT2D eigenvalue weighted by Gasteiger charge is 2.08. The number of hydrogen-bond donors (Lipinski definition) is 2. The number of hydrogen-bond acceptors (Lipinski definition) is 2. The van der Waals surface area contributed by atoms with Crippen molar-refractivity contribution >= 4 is 17.6 Å². The van der Waals surface area contributed by atoms with Gasteiger partial charge in [-0.1, -0.05) is 67.1 Å². The Kier molecular flexibility index (Phi) is 7.78. The SMILES string of the molecule is O=C(Cc1ccccc1)Nc1ccc(CCCCCc2ccccc2C(=O)O)cc1. The number of rotatable bonds is 10. The molecule has 0 fully saturated rings. The summed E-state index contributed by atoms with van der Waals surface area (Å²) in [7, 11) is 0. The molecule has 0 radical (unpaired) electrons. The second-order valence-electron chi connectivity index (χ2n) is 7.43. The van der Waals surface area contributed by atoms with Gasteiger partial charge >= 0.3 is 5.97 Å². The molecule has 1 amide bonds. The maximum absolute atomic E-state index is 12.1. The molecule has 0 aliphatic rings. The Morgan fingerprint density at radius 2 is 1.37 bits per heavy atom. The molecule has 0 unspecified atom stereocenters. The summed E-state index contributed by atoms with van der Waals surface area (Å²) in [6.45, 7) is 0. The lowest BCUT2D eigenvalue weighted by Gasteiger charge is -2.08. The van der Waals surface area contributed by atoms with Crippen LogP contribution < -0.4 is 5.32 Å². The van der Waals surface area contributed by atoms with Crippen molar-refractivity contribution in [2.24, 2.45) is 0 Å². The highest BCUT2D eigenvalue weighted by atomic mass is 16.4. The van der Waals surface area contributed by atoms with E-state index in [4.69, 9.17) is 0 Å². The summed E-state index contributed by atoms with van der Waals surface area (Å²) in [5.74, 6) is -0.878. The first-order valence-corrected chi connectivity index (χ1v) is 10.4. The molecule has 3 aromatic carbocycles. The van der Waals surface area contributed by atoms with Gasteiger partial charge in [0, 0.05) is 5.69 Å². The van der Waals surface area contributed by atoms with Crippen LogP contribution >= 0.6 is 0 Å². The van der Waals surface area contributed by atoms with Crippen molar-refractivity contribution in [3.05, 3.63) is 101 Å². The minimum atomic E-state index is -0.860. The summed E-state index contributed by atoms with van der Waals surface area (Å²) < 4.78 is 0. The highest BCUT2D eigenvalue weighted by molar-refractivity contribution is 5.92. The van der Waals surface area contributed by atoms with Gasteiger partial charge in [-0.15, -0.1) is 0 Å². The predicted octanol–water partition coefficient (Wildman–Crippen LogP) is 5.52. The number of aryl methyl sites for hydroxylation is 2. The van der Waals surface area contributed by atoms with E-state index in [0.717, 1.165) is 48.9 Å². The molecule has 3 rings (SSSR count).